The van der Waals surface area contributed by atoms with E-state index in [0.717, 1.165) is 32.1 Å². The highest BCUT2D eigenvalue weighted by molar-refractivity contribution is 7.11. The van der Waals surface area contributed by atoms with Crippen LogP contribution in [0.5, 0.6) is 0 Å². The van der Waals surface area contributed by atoms with E-state index in [2.05, 4.69) is 34.2 Å². The van der Waals surface area contributed by atoms with Gasteiger partial charge in [0.2, 0.25) is 0 Å². The van der Waals surface area contributed by atoms with E-state index in [-0.39, 0.29) is 6.10 Å². The molecule has 2 aromatic rings. The Hall–Kier alpha value is -1.24. The monoisotopic (exact) mass is 278 g/mol. The molecule has 0 bridgehead atoms. The van der Waals surface area contributed by atoms with Crippen molar-refractivity contribution in [1.82, 2.24) is 19.7 Å². The summed E-state index contributed by atoms with van der Waals surface area (Å²) in [5.74, 6) is 0.909. The van der Waals surface area contributed by atoms with Gasteiger partial charge in [0.15, 0.2) is 5.82 Å². The van der Waals surface area contributed by atoms with Crippen molar-refractivity contribution in [2.45, 2.75) is 19.6 Å². The molecule has 1 aliphatic heterocycles. The third kappa shape index (κ3) is 2.86. The van der Waals surface area contributed by atoms with Gasteiger partial charge in [-0.15, -0.1) is 21.5 Å². The van der Waals surface area contributed by atoms with E-state index in [1.54, 1.807) is 6.33 Å². The molecule has 0 aromatic carbocycles. The van der Waals surface area contributed by atoms with E-state index in [4.69, 9.17) is 4.74 Å². The van der Waals surface area contributed by atoms with E-state index in [0.29, 0.717) is 0 Å². The topological polar surface area (TPSA) is 43.2 Å². The van der Waals surface area contributed by atoms with Gasteiger partial charge in [-0.1, -0.05) is 0 Å². The Labute approximate surface area is 116 Å². The Kier molecular flexibility index (Phi) is 3.63. The normalized spacial score (nSPS) is 20.8. The van der Waals surface area contributed by atoms with Crippen LogP contribution in [0, 0.1) is 6.92 Å². The lowest BCUT2D eigenvalue weighted by atomic mass is 10.2. The van der Waals surface area contributed by atoms with E-state index in [1.165, 1.54) is 9.75 Å². The first-order valence-electron chi connectivity index (χ1n) is 6.45. The molecule has 3 rings (SSSR count). The average molecular weight is 278 g/mol. The Morgan fingerprint density at radius 3 is 3.05 bits per heavy atom. The number of rotatable bonds is 3. The molecule has 0 aliphatic carbocycles. The van der Waals surface area contributed by atoms with Crippen LogP contribution >= 0.6 is 11.3 Å². The molecule has 1 fully saturated rings. The molecule has 102 valence electrons. The van der Waals surface area contributed by atoms with Gasteiger partial charge in [0, 0.05) is 36.4 Å². The number of aryl methyl sites for hydroxylation is 2. The van der Waals surface area contributed by atoms with Gasteiger partial charge in [0.05, 0.1) is 6.61 Å². The molecule has 2 aromatic heterocycles. The van der Waals surface area contributed by atoms with E-state index < -0.39 is 0 Å². The number of aromatic nitrogens is 3. The second kappa shape index (κ2) is 5.40. The summed E-state index contributed by atoms with van der Waals surface area (Å²) in [4.78, 5) is 5.21. The van der Waals surface area contributed by atoms with Crippen LogP contribution in [-0.4, -0.2) is 39.4 Å². The Balaban J connectivity index is 1.66. The third-order valence-electron chi connectivity index (χ3n) is 3.36. The molecule has 0 saturated carbocycles. The zero-order chi connectivity index (χ0) is 13.2. The quantitative estimate of drug-likeness (QED) is 0.858. The summed E-state index contributed by atoms with van der Waals surface area (Å²) >= 11 is 1.87. The predicted molar refractivity (Wildman–Crippen MR) is 74.0 cm³/mol. The number of morpholine rings is 1. The fourth-order valence-corrected chi connectivity index (χ4v) is 3.31. The molecule has 0 N–H and O–H groups in total. The van der Waals surface area contributed by atoms with Gasteiger partial charge in [0.25, 0.3) is 0 Å². The Bertz CT molecular complexity index is 550. The molecule has 1 atom stereocenters. The first-order chi connectivity index (χ1) is 9.22. The van der Waals surface area contributed by atoms with Crippen molar-refractivity contribution >= 4 is 11.3 Å². The highest BCUT2D eigenvalue weighted by atomic mass is 32.1. The van der Waals surface area contributed by atoms with Crippen molar-refractivity contribution in [3.8, 4) is 0 Å². The van der Waals surface area contributed by atoms with Crippen LogP contribution in [0.2, 0.25) is 0 Å². The van der Waals surface area contributed by atoms with E-state index in [1.807, 2.05) is 23.0 Å². The highest BCUT2D eigenvalue weighted by Crippen LogP contribution is 2.23. The molecule has 0 spiro atoms. The molecule has 1 aliphatic rings. The maximum atomic E-state index is 5.81. The summed E-state index contributed by atoms with van der Waals surface area (Å²) in [5, 5.41) is 8.07. The fourth-order valence-electron chi connectivity index (χ4n) is 2.38. The van der Waals surface area contributed by atoms with Gasteiger partial charge in [-0.05, 0) is 19.1 Å². The van der Waals surface area contributed by atoms with Crippen LogP contribution in [0.4, 0.5) is 0 Å². The third-order valence-corrected chi connectivity index (χ3v) is 4.35. The average Bonchev–Trinajstić information content (AvgIpc) is 2.99. The molecule has 1 saturated heterocycles. The molecule has 0 amide bonds. The summed E-state index contributed by atoms with van der Waals surface area (Å²) in [6, 6.07) is 4.40. The zero-order valence-corrected chi connectivity index (χ0v) is 12.1. The van der Waals surface area contributed by atoms with E-state index >= 15 is 0 Å². The summed E-state index contributed by atoms with van der Waals surface area (Å²) in [6.45, 7) is 5.75. The first-order valence-corrected chi connectivity index (χ1v) is 7.27. The minimum Gasteiger partial charge on any atom is -0.368 e. The Morgan fingerprint density at radius 1 is 1.47 bits per heavy atom. The van der Waals surface area contributed by atoms with Gasteiger partial charge >= 0.3 is 0 Å². The smallest absolute Gasteiger partial charge is 0.163 e. The molecule has 0 radical (unpaired) electrons. The van der Waals surface area contributed by atoms with Crippen LogP contribution in [0.1, 0.15) is 21.7 Å². The lowest BCUT2D eigenvalue weighted by molar-refractivity contribution is -0.0382. The second-order valence-corrected chi connectivity index (χ2v) is 6.28. The van der Waals surface area contributed by atoms with Crippen LogP contribution in [0.3, 0.4) is 0 Å². The molecular weight excluding hydrogens is 260 g/mol. The standard InChI is InChI=1S/C13H18N4OS/c1-10-3-4-11(19-10)7-17-5-6-18-12(8-17)13-15-14-9-16(13)2/h3-4,9,12H,5-8H2,1-2H3/t12-/m0/s1. The van der Waals surface area contributed by atoms with Crippen LogP contribution in [0.15, 0.2) is 18.5 Å². The molecular formula is C13H18N4OS. The van der Waals surface area contributed by atoms with Crippen LogP contribution in [-0.2, 0) is 18.3 Å². The lowest BCUT2D eigenvalue weighted by Crippen LogP contribution is -2.38. The van der Waals surface area contributed by atoms with Crippen LogP contribution < -0.4 is 0 Å². The van der Waals surface area contributed by atoms with Gasteiger partial charge < -0.3 is 9.30 Å². The van der Waals surface area contributed by atoms with Gasteiger partial charge in [0.1, 0.15) is 12.4 Å². The molecule has 19 heavy (non-hydrogen) atoms. The highest BCUT2D eigenvalue weighted by Gasteiger charge is 2.25. The number of hydrogen-bond acceptors (Lipinski definition) is 5. The Morgan fingerprint density at radius 2 is 2.37 bits per heavy atom. The number of nitrogens with zero attached hydrogens (tertiary/aromatic N) is 4. The van der Waals surface area contributed by atoms with Crippen LogP contribution in [0.25, 0.3) is 0 Å². The van der Waals surface area contributed by atoms with Gasteiger partial charge in [-0.25, -0.2) is 0 Å². The fraction of sp³-hybridized carbons (Fsp3) is 0.538. The van der Waals surface area contributed by atoms with Crippen molar-refractivity contribution in [2.24, 2.45) is 7.05 Å². The van der Waals surface area contributed by atoms with Crippen molar-refractivity contribution < 1.29 is 4.74 Å². The number of ether oxygens (including phenoxy) is 1. The maximum Gasteiger partial charge on any atom is 0.163 e. The second-order valence-electron chi connectivity index (χ2n) is 4.91. The van der Waals surface area contributed by atoms with E-state index in [9.17, 15) is 0 Å². The largest absolute Gasteiger partial charge is 0.368 e. The minimum absolute atomic E-state index is 0.0299. The summed E-state index contributed by atoms with van der Waals surface area (Å²) in [6.07, 6.45) is 1.75. The molecule has 0 unspecified atom stereocenters. The van der Waals surface area contributed by atoms with Crippen molar-refractivity contribution in [2.75, 3.05) is 19.7 Å². The summed E-state index contributed by atoms with van der Waals surface area (Å²) < 4.78 is 7.75. The maximum absolute atomic E-state index is 5.81. The lowest BCUT2D eigenvalue weighted by Gasteiger charge is -2.31. The van der Waals surface area contributed by atoms with Gasteiger partial charge in [-0.3, -0.25) is 4.90 Å². The summed E-state index contributed by atoms with van der Waals surface area (Å²) in [7, 11) is 1.96. The SMILES string of the molecule is Cc1ccc(CN2CCO[C@H](c3nncn3C)C2)s1. The zero-order valence-electron chi connectivity index (χ0n) is 11.2. The molecule has 3 heterocycles. The number of thiophene rings is 1. The predicted octanol–water partition coefficient (Wildman–Crippen LogP) is 1.76. The minimum atomic E-state index is 0.0299. The number of hydrogen-bond donors (Lipinski definition) is 0. The molecule has 5 nitrogen and oxygen atoms in total. The van der Waals surface area contributed by atoms with Gasteiger partial charge in [-0.2, -0.15) is 0 Å². The van der Waals surface area contributed by atoms with Crippen molar-refractivity contribution in [1.29, 1.82) is 0 Å². The van der Waals surface area contributed by atoms with Crippen molar-refractivity contribution in [3.05, 3.63) is 34.0 Å². The molecule has 6 heteroatoms. The summed E-state index contributed by atoms with van der Waals surface area (Å²) in [5.41, 5.74) is 0. The first kappa shape index (κ1) is 12.8. The van der Waals surface area contributed by atoms with Crippen molar-refractivity contribution in [3.63, 3.8) is 0 Å².